The van der Waals surface area contributed by atoms with Gasteiger partial charge in [-0.25, -0.2) is 0 Å². The van der Waals surface area contributed by atoms with Gasteiger partial charge in [0.15, 0.2) is 0 Å². The average Bonchev–Trinajstić information content (AvgIpc) is 2.63. The minimum atomic E-state index is 0.967. The van der Waals surface area contributed by atoms with E-state index in [1.165, 1.54) is 38.5 Å². The van der Waals surface area contributed by atoms with Gasteiger partial charge in [-0.05, 0) is 12.5 Å². The standard InChI is InChI=1S/C11H21NO/c1-2-3-4-5-6-7-9-12-10-8-11-13-12/h8,11H,2-7,9-10H2,1H3. The Kier molecular flexibility index (Phi) is 5.66. The van der Waals surface area contributed by atoms with Crippen molar-refractivity contribution < 1.29 is 4.84 Å². The summed E-state index contributed by atoms with van der Waals surface area (Å²) in [6, 6.07) is 0. The van der Waals surface area contributed by atoms with Crippen molar-refractivity contribution in [1.82, 2.24) is 5.06 Å². The molecule has 1 heterocycles. The molecule has 1 aliphatic heterocycles. The van der Waals surface area contributed by atoms with Crippen LogP contribution in [0.4, 0.5) is 0 Å². The van der Waals surface area contributed by atoms with Crippen LogP contribution in [0.3, 0.4) is 0 Å². The Morgan fingerprint density at radius 3 is 2.62 bits per heavy atom. The van der Waals surface area contributed by atoms with Crippen molar-refractivity contribution >= 4 is 0 Å². The summed E-state index contributed by atoms with van der Waals surface area (Å²) in [4.78, 5) is 5.23. The molecule has 0 aromatic rings. The summed E-state index contributed by atoms with van der Waals surface area (Å²) in [5.74, 6) is 0. The Morgan fingerprint density at radius 1 is 1.15 bits per heavy atom. The lowest BCUT2D eigenvalue weighted by Gasteiger charge is -2.13. The molecule has 0 bridgehead atoms. The first kappa shape index (κ1) is 10.6. The summed E-state index contributed by atoms with van der Waals surface area (Å²) in [5.41, 5.74) is 0. The molecular formula is C11H21NO. The van der Waals surface area contributed by atoms with E-state index >= 15 is 0 Å². The molecule has 0 aliphatic carbocycles. The van der Waals surface area contributed by atoms with Crippen molar-refractivity contribution in [3.05, 3.63) is 12.3 Å². The highest BCUT2D eigenvalue weighted by atomic mass is 16.7. The Balaban J connectivity index is 1.78. The lowest BCUT2D eigenvalue weighted by Crippen LogP contribution is -2.19. The maximum absolute atomic E-state index is 5.23. The van der Waals surface area contributed by atoms with Crippen LogP contribution in [0.5, 0.6) is 0 Å². The Labute approximate surface area is 81.5 Å². The third kappa shape index (κ3) is 4.94. The van der Waals surface area contributed by atoms with E-state index in [1.807, 2.05) is 5.06 Å². The zero-order chi connectivity index (χ0) is 9.36. The van der Waals surface area contributed by atoms with E-state index in [0.717, 1.165) is 13.1 Å². The molecule has 0 saturated heterocycles. The summed E-state index contributed by atoms with van der Waals surface area (Å²) in [6.07, 6.45) is 11.9. The molecule has 2 heteroatoms. The summed E-state index contributed by atoms with van der Waals surface area (Å²) in [7, 11) is 0. The number of nitrogens with zero attached hydrogens (tertiary/aromatic N) is 1. The van der Waals surface area contributed by atoms with E-state index < -0.39 is 0 Å². The maximum Gasteiger partial charge on any atom is 0.109 e. The predicted octanol–water partition coefficient (Wildman–Crippen LogP) is 3.11. The molecule has 0 unspecified atom stereocenters. The van der Waals surface area contributed by atoms with Crippen molar-refractivity contribution in [2.24, 2.45) is 0 Å². The molecule has 0 amide bonds. The van der Waals surface area contributed by atoms with Crippen LogP contribution >= 0.6 is 0 Å². The van der Waals surface area contributed by atoms with E-state index in [9.17, 15) is 0 Å². The first-order valence-corrected chi connectivity index (χ1v) is 5.50. The molecule has 0 aromatic heterocycles. The lowest BCUT2D eigenvalue weighted by molar-refractivity contribution is -0.0760. The van der Waals surface area contributed by atoms with Crippen LogP contribution in [0, 0.1) is 0 Å². The fourth-order valence-corrected chi connectivity index (χ4v) is 1.55. The second kappa shape index (κ2) is 6.96. The van der Waals surface area contributed by atoms with Gasteiger partial charge >= 0.3 is 0 Å². The van der Waals surface area contributed by atoms with E-state index in [4.69, 9.17) is 4.84 Å². The highest BCUT2D eigenvalue weighted by molar-refractivity contribution is 4.81. The molecule has 1 rings (SSSR count). The van der Waals surface area contributed by atoms with E-state index in [0.29, 0.717) is 0 Å². The van der Waals surface area contributed by atoms with Crippen LogP contribution in [-0.4, -0.2) is 18.2 Å². The van der Waals surface area contributed by atoms with Crippen molar-refractivity contribution in [1.29, 1.82) is 0 Å². The Morgan fingerprint density at radius 2 is 1.92 bits per heavy atom. The molecule has 0 aromatic carbocycles. The molecule has 13 heavy (non-hydrogen) atoms. The van der Waals surface area contributed by atoms with Gasteiger partial charge in [0.2, 0.25) is 0 Å². The smallest absolute Gasteiger partial charge is 0.109 e. The summed E-state index contributed by atoms with van der Waals surface area (Å²) < 4.78 is 0. The van der Waals surface area contributed by atoms with Gasteiger partial charge in [0.1, 0.15) is 6.26 Å². The Bertz CT molecular complexity index is 137. The zero-order valence-electron chi connectivity index (χ0n) is 8.67. The molecule has 2 nitrogen and oxygen atoms in total. The fourth-order valence-electron chi connectivity index (χ4n) is 1.55. The van der Waals surface area contributed by atoms with Crippen LogP contribution in [-0.2, 0) is 4.84 Å². The van der Waals surface area contributed by atoms with Gasteiger partial charge in [0, 0.05) is 6.54 Å². The molecule has 0 N–H and O–H groups in total. The second-order valence-electron chi connectivity index (χ2n) is 3.63. The van der Waals surface area contributed by atoms with Gasteiger partial charge in [-0.1, -0.05) is 39.0 Å². The van der Waals surface area contributed by atoms with Crippen molar-refractivity contribution in [2.45, 2.75) is 45.4 Å². The van der Waals surface area contributed by atoms with Crippen LogP contribution < -0.4 is 0 Å². The zero-order valence-corrected chi connectivity index (χ0v) is 8.67. The minimum Gasteiger partial charge on any atom is -0.414 e. The van der Waals surface area contributed by atoms with Crippen LogP contribution in [0.25, 0.3) is 0 Å². The van der Waals surface area contributed by atoms with Crippen molar-refractivity contribution in [3.8, 4) is 0 Å². The minimum absolute atomic E-state index is 0.967. The third-order valence-electron chi connectivity index (χ3n) is 2.38. The molecule has 1 aliphatic rings. The highest BCUT2D eigenvalue weighted by Gasteiger charge is 2.05. The van der Waals surface area contributed by atoms with Gasteiger partial charge in [0.25, 0.3) is 0 Å². The fraction of sp³-hybridized carbons (Fsp3) is 0.818. The monoisotopic (exact) mass is 183 g/mol. The second-order valence-corrected chi connectivity index (χ2v) is 3.63. The lowest BCUT2D eigenvalue weighted by atomic mass is 10.1. The first-order chi connectivity index (χ1) is 6.43. The number of rotatable bonds is 7. The molecule has 0 radical (unpaired) electrons. The van der Waals surface area contributed by atoms with Gasteiger partial charge in [-0.3, -0.25) is 0 Å². The van der Waals surface area contributed by atoms with E-state index in [-0.39, 0.29) is 0 Å². The third-order valence-corrected chi connectivity index (χ3v) is 2.38. The molecular weight excluding hydrogens is 162 g/mol. The van der Waals surface area contributed by atoms with Crippen molar-refractivity contribution in [3.63, 3.8) is 0 Å². The summed E-state index contributed by atoms with van der Waals surface area (Å²) in [6.45, 7) is 4.30. The van der Waals surface area contributed by atoms with Gasteiger partial charge < -0.3 is 4.84 Å². The number of hydroxylamine groups is 2. The van der Waals surface area contributed by atoms with Crippen LogP contribution in [0.15, 0.2) is 12.3 Å². The van der Waals surface area contributed by atoms with Crippen LogP contribution in [0.2, 0.25) is 0 Å². The quantitative estimate of drug-likeness (QED) is 0.562. The number of hydrogen-bond acceptors (Lipinski definition) is 2. The first-order valence-electron chi connectivity index (χ1n) is 5.50. The molecule has 76 valence electrons. The number of unbranched alkanes of at least 4 members (excludes halogenated alkanes) is 5. The SMILES string of the molecule is CCCCCCCCN1CC=CO1. The number of hydrogen-bond donors (Lipinski definition) is 0. The van der Waals surface area contributed by atoms with E-state index in [2.05, 4.69) is 13.0 Å². The summed E-state index contributed by atoms with van der Waals surface area (Å²) >= 11 is 0. The van der Waals surface area contributed by atoms with Gasteiger partial charge in [0.05, 0.1) is 6.54 Å². The normalized spacial score (nSPS) is 16.4. The maximum atomic E-state index is 5.23. The molecule has 0 fully saturated rings. The van der Waals surface area contributed by atoms with E-state index in [1.54, 1.807) is 6.26 Å². The topological polar surface area (TPSA) is 12.5 Å². The van der Waals surface area contributed by atoms with Crippen LogP contribution in [0.1, 0.15) is 45.4 Å². The molecule has 0 saturated carbocycles. The largest absolute Gasteiger partial charge is 0.414 e. The summed E-state index contributed by atoms with van der Waals surface area (Å²) in [5, 5.41) is 2.01. The average molecular weight is 183 g/mol. The van der Waals surface area contributed by atoms with Crippen molar-refractivity contribution in [2.75, 3.05) is 13.1 Å². The molecule has 0 spiro atoms. The predicted molar refractivity (Wildman–Crippen MR) is 55.2 cm³/mol. The molecule has 0 atom stereocenters. The Hall–Kier alpha value is -0.500. The van der Waals surface area contributed by atoms with Gasteiger partial charge in [-0.2, -0.15) is 0 Å². The highest BCUT2D eigenvalue weighted by Crippen LogP contribution is 2.07. The van der Waals surface area contributed by atoms with Gasteiger partial charge in [-0.15, -0.1) is 5.06 Å².